The monoisotopic (exact) mass is 651 g/mol. The maximum atomic E-state index is 4.97. The number of benzene rings is 8. The molecule has 3 nitrogen and oxygen atoms in total. The molecule has 51 heavy (non-hydrogen) atoms. The smallest absolute Gasteiger partial charge is 0.164 e. The number of nitrogens with zero attached hydrogens (tertiary/aromatic N) is 3. The van der Waals surface area contributed by atoms with Crippen LogP contribution < -0.4 is 0 Å². The van der Waals surface area contributed by atoms with Crippen LogP contribution in [0.25, 0.3) is 88.7 Å². The fourth-order valence-corrected chi connectivity index (χ4v) is 8.04. The normalized spacial score (nSPS) is 13.1. The zero-order valence-electron chi connectivity index (χ0n) is 28.4. The quantitative estimate of drug-likeness (QED) is 0.178. The topological polar surface area (TPSA) is 38.7 Å². The van der Waals surface area contributed by atoms with Gasteiger partial charge in [-0.05, 0) is 90.0 Å². The van der Waals surface area contributed by atoms with E-state index in [0.717, 1.165) is 27.8 Å². The lowest BCUT2D eigenvalue weighted by Crippen LogP contribution is -2.14. The molecule has 1 aliphatic rings. The molecule has 0 spiro atoms. The van der Waals surface area contributed by atoms with Crippen LogP contribution in [0, 0.1) is 0 Å². The van der Waals surface area contributed by atoms with Gasteiger partial charge in [0.2, 0.25) is 0 Å². The van der Waals surface area contributed by atoms with E-state index in [9.17, 15) is 0 Å². The minimum absolute atomic E-state index is 0.0483. The molecule has 0 radical (unpaired) electrons. The van der Waals surface area contributed by atoms with Crippen LogP contribution in [-0.4, -0.2) is 15.0 Å². The van der Waals surface area contributed by atoms with Gasteiger partial charge < -0.3 is 0 Å². The summed E-state index contributed by atoms with van der Waals surface area (Å²) in [6.45, 7) is 4.71. The van der Waals surface area contributed by atoms with Crippen molar-refractivity contribution in [3.8, 4) is 56.4 Å². The average molecular weight is 652 g/mol. The van der Waals surface area contributed by atoms with Gasteiger partial charge in [0, 0.05) is 22.1 Å². The Labute approximate surface area is 297 Å². The van der Waals surface area contributed by atoms with Gasteiger partial charge in [0.15, 0.2) is 17.5 Å². The first-order valence-electron chi connectivity index (χ1n) is 17.5. The van der Waals surface area contributed by atoms with Crippen LogP contribution in [0.3, 0.4) is 0 Å². The number of fused-ring (bicyclic) bond motifs is 8. The van der Waals surface area contributed by atoms with E-state index in [4.69, 9.17) is 15.0 Å². The van der Waals surface area contributed by atoms with Crippen LogP contribution >= 0.6 is 0 Å². The second kappa shape index (κ2) is 11.3. The Hall–Kier alpha value is -6.45. The standard InChI is InChI=1S/C48H33N3/c1-48(2)42-19-10-9-18-39(42)41-28-36-23-21-30-20-22-35-26-34(24-25-38(35)44(30)40(36)29-43(41)48)33-16-11-17-37(27-33)47-50-45(31-12-5-3-6-13-31)49-46(51-47)32-14-7-4-8-15-32/h3-29H,1-2H3. The molecular weight excluding hydrogens is 619 g/mol. The van der Waals surface area contributed by atoms with E-state index in [1.807, 2.05) is 60.7 Å². The van der Waals surface area contributed by atoms with Crippen molar-refractivity contribution in [1.82, 2.24) is 15.0 Å². The lowest BCUT2D eigenvalue weighted by atomic mass is 9.81. The van der Waals surface area contributed by atoms with Crippen LogP contribution in [0.15, 0.2) is 164 Å². The van der Waals surface area contributed by atoms with Crippen molar-refractivity contribution in [1.29, 1.82) is 0 Å². The van der Waals surface area contributed by atoms with Crippen LogP contribution in [-0.2, 0) is 5.41 Å². The minimum Gasteiger partial charge on any atom is -0.208 e. The van der Waals surface area contributed by atoms with Crippen molar-refractivity contribution in [3.05, 3.63) is 175 Å². The van der Waals surface area contributed by atoms with Crippen molar-refractivity contribution < 1.29 is 0 Å². The SMILES string of the molecule is CC1(C)c2ccccc2-c2cc3ccc4ccc5cc(-c6cccc(-c7nc(-c8ccccc8)nc(-c8ccccc8)n7)c6)ccc5c4c3cc21. The molecule has 0 unspecified atom stereocenters. The summed E-state index contributed by atoms with van der Waals surface area (Å²) in [6, 6.07) is 58.5. The lowest BCUT2D eigenvalue weighted by molar-refractivity contribution is 0.661. The van der Waals surface area contributed by atoms with Crippen LogP contribution in [0.2, 0.25) is 0 Å². The third kappa shape index (κ3) is 4.77. The average Bonchev–Trinajstić information content (AvgIpc) is 3.42. The van der Waals surface area contributed by atoms with Gasteiger partial charge in [-0.25, -0.2) is 15.0 Å². The van der Waals surface area contributed by atoms with Crippen molar-refractivity contribution >= 4 is 32.3 Å². The van der Waals surface area contributed by atoms with E-state index >= 15 is 0 Å². The van der Waals surface area contributed by atoms with Gasteiger partial charge in [-0.15, -0.1) is 0 Å². The summed E-state index contributed by atoms with van der Waals surface area (Å²) in [5.41, 5.74) is 10.6. The zero-order valence-corrected chi connectivity index (χ0v) is 28.4. The second-order valence-electron chi connectivity index (χ2n) is 14.1. The number of hydrogen-bond donors (Lipinski definition) is 0. The summed E-state index contributed by atoms with van der Waals surface area (Å²) in [4.78, 5) is 14.8. The van der Waals surface area contributed by atoms with Gasteiger partial charge in [-0.1, -0.05) is 153 Å². The van der Waals surface area contributed by atoms with E-state index in [1.165, 1.54) is 54.6 Å². The summed E-state index contributed by atoms with van der Waals surface area (Å²) < 4.78 is 0. The molecule has 0 saturated carbocycles. The summed E-state index contributed by atoms with van der Waals surface area (Å²) in [6.07, 6.45) is 0. The van der Waals surface area contributed by atoms with Gasteiger partial charge in [0.25, 0.3) is 0 Å². The highest BCUT2D eigenvalue weighted by Crippen LogP contribution is 2.50. The number of rotatable bonds is 4. The van der Waals surface area contributed by atoms with Gasteiger partial charge in [0.05, 0.1) is 0 Å². The zero-order chi connectivity index (χ0) is 34.1. The maximum Gasteiger partial charge on any atom is 0.164 e. The van der Waals surface area contributed by atoms with Crippen LogP contribution in [0.4, 0.5) is 0 Å². The molecular formula is C48H33N3. The lowest BCUT2D eigenvalue weighted by Gasteiger charge is -2.22. The summed E-state index contributed by atoms with van der Waals surface area (Å²) >= 11 is 0. The fourth-order valence-electron chi connectivity index (χ4n) is 8.04. The first kappa shape index (κ1) is 29.5. The first-order valence-corrected chi connectivity index (χ1v) is 17.5. The molecule has 0 saturated heterocycles. The molecule has 1 heterocycles. The highest BCUT2D eigenvalue weighted by atomic mass is 15.0. The molecule has 1 aromatic heterocycles. The fraction of sp³-hybridized carbons (Fsp3) is 0.0625. The Morgan fingerprint density at radius 2 is 0.902 bits per heavy atom. The van der Waals surface area contributed by atoms with E-state index in [2.05, 4.69) is 117 Å². The van der Waals surface area contributed by atoms with Crippen LogP contribution in [0.1, 0.15) is 25.0 Å². The minimum atomic E-state index is -0.0483. The molecule has 0 N–H and O–H groups in total. The molecule has 0 amide bonds. The van der Waals surface area contributed by atoms with Crippen molar-refractivity contribution in [2.24, 2.45) is 0 Å². The second-order valence-corrected chi connectivity index (χ2v) is 14.1. The Bertz CT molecular complexity index is 2760. The van der Waals surface area contributed by atoms with Crippen molar-refractivity contribution in [3.63, 3.8) is 0 Å². The number of hydrogen-bond acceptors (Lipinski definition) is 3. The van der Waals surface area contributed by atoms with Gasteiger partial charge in [-0.2, -0.15) is 0 Å². The molecule has 10 rings (SSSR count). The summed E-state index contributed by atoms with van der Waals surface area (Å²) in [7, 11) is 0. The molecule has 0 aliphatic heterocycles. The van der Waals surface area contributed by atoms with Crippen LogP contribution in [0.5, 0.6) is 0 Å². The Morgan fingerprint density at radius 3 is 1.61 bits per heavy atom. The Balaban J connectivity index is 1.09. The third-order valence-corrected chi connectivity index (χ3v) is 10.7. The molecule has 240 valence electrons. The predicted molar refractivity (Wildman–Crippen MR) is 212 cm³/mol. The highest BCUT2D eigenvalue weighted by Gasteiger charge is 2.35. The predicted octanol–water partition coefficient (Wildman–Crippen LogP) is 12.3. The molecule has 9 aromatic rings. The Kier molecular flexibility index (Phi) is 6.53. The molecule has 0 atom stereocenters. The molecule has 1 aliphatic carbocycles. The van der Waals surface area contributed by atoms with Gasteiger partial charge in [-0.3, -0.25) is 0 Å². The number of aromatic nitrogens is 3. The van der Waals surface area contributed by atoms with Crippen molar-refractivity contribution in [2.75, 3.05) is 0 Å². The summed E-state index contributed by atoms with van der Waals surface area (Å²) in [5, 5.41) is 7.65. The largest absolute Gasteiger partial charge is 0.208 e. The van der Waals surface area contributed by atoms with E-state index in [1.54, 1.807) is 0 Å². The van der Waals surface area contributed by atoms with E-state index in [-0.39, 0.29) is 5.41 Å². The summed E-state index contributed by atoms with van der Waals surface area (Å²) in [5.74, 6) is 1.97. The molecule has 3 heteroatoms. The Morgan fingerprint density at radius 1 is 0.353 bits per heavy atom. The van der Waals surface area contributed by atoms with E-state index < -0.39 is 0 Å². The van der Waals surface area contributed by atoms with Crippen molar-refractivity contribution in [2.45, 2.75) is 19.3 Å². The first-order chi connectivity index (χ1) is 25.0. The van der Waals surface area contributed by atoms with E-state index in [0.29, 0.717) is 17.5 Å². The highest BCUT2D eigenvalue weighted by molar-refractivity contribution is 6.21. The third-order valence-electron chi connectivity index (χ3n) is 10.7. The molecule has 8 aromatic carbocycles. The molecule has 0 bridgehead atoms. The van der Waals surface area contributed by atoms with Gasteiger partial charge >= 0.3 is 0 Å². The van der Waals surface area contributed by atoms with Gasteiger partial charge in [0.1, 0.15) is 0 Å². The maximum absolute atomic E-state index is 4.97. The molecule has 0 fully saturated rings.